The lowest BCUT2D eigenvalue weighted by Crippen LogP contribution is -2.28. The first-order valence-corrected chi connectivity index (χ1v) is 12.1. The zero-order chi connectivity index (χ0) is 23.8. The second-order valence-corrected chi connectivity index (χ2v) is 9.57. The molecular weight excluding hydrogens is 462 g/mol. The molecule has 0 heterocycles. The Balaban J connectivity index is 1.55. The van der Waals surface area contributed by atoms with Gasteiger partial charge in [-0.1, -0.05) is 53.6 Å². The molecule has 9 heteroatoms. The second kappa shape index (κ2) is 11.1. The van der Waals surface area contributed by atoms with Gasteiger partial charge in [0, 0.05) is 24.5 Å². The molecule has 0 aromatic heterocycles. The third kappa shape index (κ3) is 7.15. The number of nitrogens with one attached hydrogen (secondary N) is 3. The Hall–Kier alpha value is -3.20. The van der Waals surface area contributed by atoms with Gasteiger partial charge in [-0.05, 0) is 48.9 Å². The van der Waals surface area contributed by atoms with Crippen LogP contribution in [0.5, 0.6) is 0 Å². The van der Waals surface area contributed by atoms with Crippen molar-refractivity contribution in [1.82, 2.24) is 10.0 Å². The molecule has 3 rings (SSSR count). The molecule has 0 saturated heterocycles. The van der Waals surface area contributed by atoms with Crippen LogP contribution >= 0.6 is 11.6 Å². The van der Waals surface area contributed by atoms with Crippen molar-refractivity contribution in [3.63, 3.8) is 0 Å². The quantitative estimate of drug-likeness (QED) is 0.427. The first kappa shape index (κ1) is 24.4. The number of halogens is 1. The third-order valence-electron chi connectivity index (χ3n) is 4.79. The number of rotatable bonds is 9. The maximum Gasteiger partial charge on any atom is 0.253 e. The molecule has 0 saturated carbocycles. The van der Waals surface area contributed by atoms with Gasteiger partial charge in [0.2, 0.25) is 15.9 Å². The molecule has 33 heavy (non-hydrogen) atoms. The van der Waals surface area contributed by atoms with Crippen molar-refractivity contribution < 1.29 is 18.0 Å². The molecule has 0 unspecified atom stereocenters. The molecular formula is C24H24ClN3O4S. The number of amides is 2. The Morgan fingerprint density at radius 2 is 1.58 bits per heavy atom. The number of hydrogen-bond acceptors (Lipinski definition) is 4. The highest BCUT2D eigenvalue weighted by Gasteiger charge is 2.16. The van der Waals surface area contributed by atoms with Gasteiger partial charge in [-0.2, -0.15) is 0 Å². The van der Waals surface area contributed by atoms with E-state index in [1.807, 2.05) is 31.2 Å². The average Bonchev–Trinajstić information content (AvgIpc) is 2.79. The van der Waals surface area contributed by atoms with Crippen LogP contribution in [-0.2, 0) is 21.4 Å². The van der Waals surface area contributed by atoms with E-state index in [4.69, 9.17) is 11.6 Å². The summed E-state index contributed by atoms with van der Waals surface area (Å²) in [6, 6.07) is 20.2. The molecule has 0 bridgehead atoms. The Bertz CT molecular complexity index is 1230. The largest absolute Gasteiger partial charge is 0.348 e. The zero-order valence-electron chi connectivity index (χ0n) is 18.0. The van der Waals surface area contributed by atoms with Crippen molar-refractivity contribution in [2.45, 2.75) is 24.8 Å². The van der Waals surface area contributed by atoms with Crippen LogP contribution in [0.25, 0.3) is 0 Å². The van der Waals surface area contributed by atoms with E-state index in [1.165, 1.54) is 24.3 Å². The summed E-state index contributed by atoms with van der Waals surface area (Å²) in [7, 11) is -3.76. The van der Waals surface area contributed by atoms with Crippen LogP contribution < -0.4 is 15.4 Å². The summed E-state index contributed by atoms with van der Waals surface area (Å²) in [4.78, 5) is 25.1. The van der Waals surface area contributed by atoms with E-state index in [0.717, 1.165) is 11.1 Å². The molecule has 3 N–H and O–H groups in total. The number of hydrogen-bond donors (Lipinski definition) is 3. The van der Waals surface area contributed by atoms with Crippen LogP contribution in [0.3, 0.4) is 0 Å². The van der Waals surface area contributed by atoms with Gasteiger partial charge in [0.15, 0.2) is 0 Å². The van der Waals surface area contributed by atoms with Gasteiger partial charge >= 0.3 is 0 Å². The Morgan fingerprint density at radius 1 is 0.909 bits per heavy atom. The van der Waals surface area contributed by atoms with Gasteiger partial charge in [0.25, 0.3) is 5.91 Å². The Morgan fingerprint density at radius 3 is 2.27 bits per heavy atom. The molecule has 0 aliphatic rings. The van der Waals surface area contributed by atoms with Gasteiger partial charge in [-0.25, -0.2) is 13.1 Å². The average molecular weight is 486 g/mol. The summed E-state index contributed by atoms with van der Waals surface area (Å²) >= 11 is 5.78. The zero-order valence-corrected chi connectivity index (χ0v) is 19.5. The van der Waals surface area contributed by atoms with Crippen LogP contribution in [0.2, 0.25) is 5.02 Å². The molecule has 0 fully saturated rings. The Kier molecular flexibility index (Phi) is 8.21. The fourth-order valence-corrected chi connectivity index (χ4v) is 4.14. The number of benzene rings is 3. The van der Waals surface area contributed by atoms with Crippen molar-refractivity contribution >= 4 is 39.1 Å². The number of para-hydroxylation sites is 1. The highest BCUT2D eigenvalue weighted by Crippen LogP contribution is 2.16. The van der Waals surface area contributed by atoms with E-state index in [9.17, 15) is 18.0 Å². The maximum atomic E-state index is 12.7. The smallest absolute Gasteiger partial charge is 0.253 e. The van der Waals surface area contributed by atoms with E-state index >= 15 is 0 Å². The van der Waals surface area contributed by atoms with E-state index in [-0.39, 0.29) is 23.8 Å². The first-order valence-electron chi connectivity index (χ1n) is 10.2. The summed E-state index contributed by atoms with van der Waals surface area (Å²) in [5.41, 5.74) is 2.76. The van der Waals surface area contributed by atoms with E-state index in [2.05, 4.69) is 15.4 Å². The van der Waals surface area contributed by atoms with Gasteiger partial charge in [0.1, 0.15) is 0 Å². The third-order valence-corrected chi connectivity index (χ3v) is 6.52. The maximum absolute atomic E-state index is 12.7. The fourth-order valence-electron chi connectivity index (χ4n) is 2.98. The van der Waals surface area contributed by atoms with Crippen LogP contribution in [0.15, 0.2) is 77.7 Å². The minimum absolute atomic E-state index is 0.0582. The number of carbonyl (C=O) groups is 2. The standard InChI is InChI=1S/C24H24ClN3O4S/c1-17-6-8-18(9-7-17)16-26-24(30)21-4-2-3-5-22(21)28-23(29)14-15-27-33(31,32)20-12-10-19(25)11-13-20/h2-13,27H,14-16H2,1H3,(H,26,30)(H,28,29). The second-order valence-electron chi connectivity index (χ2n) is 7.36. The van der Waals surface area contributed by atoms with Crippen molar-refractivity contribution in [3.8, 4) is 0 Å². The molecule has 3 aromatic rings. The van der Waals surface area contributed by atoms with E-state index in [1.54, 1.807) is 24.3 Å². The summed E-state index contributed by atoms with van der Waals surface area (Å²) in [6.45, 7) is 2.25. The lowest BCUT2D eigenvalue weighted by atomic mass is 10.1. The molecule has 3 aromatic carbocycles. The normalized spacial score (nSPS) is 11.1. The van der Waals surface area contributed by atoms with Crippen LogP contribution in [0.4, 0.5) is 5.69 Å². The minimum Gasteiger partial charge on any atom is -0.348 e. The number of sulfonamides is 1. The van der Waals surface area contributed by atoms with E-state index in [0.29, 0.717) is 22.8 Å². The Labute approximate surface area is 198 Å². The lowest BCUT2D eigenvalue weighted by molar-refractivity contribution is -0.116. The molecule has 0 radical (unpaired) electrons. The number of anilines is 1. The topological polar surface area (TPSA) is 104 Å². The summed E-state index contributed by atoms with van der Waals surface area (Å²) < 4.78 is 27.0. The predicted molar refractivity (Wildman–Crippen MR) is 129 cm³/mol. The van der Waals surface area contributed by atoms with Crippen LogP contribution in [-0.4, -0.2) is 26.8 Å². The highest BCUT2D eigenvalue weighted by molar-refractivity contribution is 7.89. The van der Waals surface area contributed by atoms with Gasteiger partial charge < -0.3 is 10.6 Å². The van der Waals surface area contributed by atoms with Crippen molar-refractivity contribution in [2.24, 2.45) is 0 Å². The van der Waals surface area contributed by atoms with E-state index < -0.39 is 15.9 Å². The predicted octanol–water partition coefficient (Wildman–Crippen LogP) is 3.89. The number of aryl methyl sites for hydroxylation is 1. The first-order chi connectivity index (χ1) is 15.7. The van der Waals surface area contributed by atoms with Crippen molar-refractivity contribution in [1.29, 1.82) is 0 Å². The lowest BCUT2D eigenvalue weighted by Gasteiger charge is -2.12. The van der Waals surface area contributed by atoms with Crippen molar-refractivity contribution in [2.75, 3.05) is 11.9 Å². The van der Waals surface area contributed by atoms with Gasteiger partial charge in [0.05, 0.1) is 16.1 Å². The minimum atomic E-state index is -3.76. The molecule has 172 valence electrons. The monoisotopic (exact) mass is 485 g/mol. The molecule has 0 aliphatic heterocycles. The molecule has 2 amide bonds. The summed E-state index contributed by atoms with van der Waals surface area (Å²) in [5, 5.41) is 5.95. The van der Waals surface area contributed by atoms with Crippen molar-refractivity contribution in [3.05, 3.63) is 94.5 Å². The fraction of sp³-hybridized carbons (Fsp3) is 0.167. The van der Waals surface area contributed by atoms with Crippen LogP contribution in [0.1, 0.15) is 27.9 Å². The van der Waals surface area contributed by atoms with Crippen LogP contribution in [0, 0.1) is 6.92 Å². The molecule has 7 nitrogen and oxygen atoms in total. The SMILES string of the molecule is Cc1ccc(CNC(=O)c2ccccc2NC(=O)CCNS(=O)(=O)c2ccc(Cl)cc2)cc1. The highest BCUT2D eigenvalue weighted by atomic mass is 35.5. The van der Waals surface area contributed by atoms with Gasteiger partial charge in [-0.3, -0.25) is 9.59 Å². The summed E-state index contributed by atoms with van der Waals surface area (Å²) in [6.07, 6.45) is -0.105. The molecule has 0 aliphatic carbocycles. The molecule has 0 spiro atoms. The number of carbonyl (C=O) groups excluding carboxylic acids is 2. The molecule has 0 atom stereocenters. The van der Waals surface area contributed by atoms with Gasteiger partial charge in [-0.15, -0.1) is 0 Å². The summed E-state index contributed by atoms with van der Waals surface area (Å²) in [5.74, 6) is -0.748.